The van der Waals surface area contributed by atoms with Crippen molar-refractivity contribution in [3.8, 4) is 5.69 Å². The van der Waals surface area contributed by atoms with Gasteiger partial charge in [0.1, 0.15) is 0 Å². The number of nitrogens with zero attached hydrogens (tertiary/aromatic N) is 2. The van der Waals surface area contributed by atoms with Gasteiger partial charge in [-0.15, -0.1) is 0 Å². The normalized spacial score (nSPS) is 11.0. The first kappa shape index (κ1) is 15.6. The molecular weight excluding hydrogens is 284 g/mol. The molecule has 1 heterocycles. The highest BCUT2D eigenvalue weighted by molar-refractivity contribution is 7.99. The number of thioether (sulfide) groups is 1. The van der Waals surface area contributed by atoms with Crippen molar-refractivity contribution in [2.45, 2.75) is 38.3 Å². The van der Waals surface area contributed by atoms with E-state index in [-0.39, 0.29) is 5.75 Å². The Hall–Kier alpha value is -1.75. The number of aryl methyl sites for hydroxylation is 1. The Morgan fingerprint density at radius 1 is 1.33 bits per heavy atom. The SMILES string of the molecule is CCc1ccc(-n2c(C(C)C)cnc2SCC(=O)O)cc1. The summed E-state index contributed by atoms with van der Waals surface area (Å²) in [7, 11) is 0. The Labute approximate surface area is 129 Å². The van der Waals surface area contributed by atoms with Crippen LogP contribution < -0.4 is 0 Å². The molecule has 0 amide bonds. The molecule has 112 valence electrons. The molecule has 21 heavy (non-hydrogen) atoms. The van der Waals surface area contributed by atoms with Gasteiger partial charge in [-0.2, -0.15) is 0 Å². The maximum atomic E-state index is 10.8. The maximum absolute atomic E-state index is 10.8. The largest absolute Gasteiger partial charge is 0.481 e. The molecule has 1 aromatic heterocycles. The van der Waals surface area contributed by atoms with Crippen LogP contribution in [0.4, 0.5) is 0 Å². The number of carboxylic acid groups (broad SMARTS) is 1. The number of carbonyl (C=O) groups is 1. The standard InChI is InChI=1S/C16H20N2O2S/c1-4-12-5-7-13(8-6-12)18-14(11(2)3)9-17-16(18)21-10-15(19)20/h5-9,11H,4,10H2,1-3H3,(H,19,20). The molecule has 0 unspecified atom stereocenters. The minimum Gasteiger partial charge on any atom is -0.481 e. The molecule has 0 aliphatic rings. The molecule has 4 nitrogen and oxygen atoms in total. The van der Waals surface area contributed by atoms with Crippen LogP contribution in [0.5, 0.6) is 0 Å². The van der Waals surface area contributed by atoms with Gasteiger partial charge in [-0.25, -0.2) is 4.98 Å². The van der Waals surface area contributed by atoms with Gasteiger partial charge in [-0.1, -0.05) is 44.7 Å². The molecule has 0 aliphatic heterocycles. The van der Waals surface area contributed by atoms with Crippen molar-refractivity contribution in [2.75, 3.05) is 5.75 Å². The highest BCUT2D eigenvalue weighted by Crippen LogP contribution is 2.27. The molecule has 0 aliphatic carbocycles. The van der Waals surface area contributed by atoms with E-state index in [0.29, 0.717) is 5.92 Å². The van der Waals surface area contributed by atoms with Gasteiger partial charge in [0.25, 0.3) is 0 Å². The number of hydrogen-bond donors (Lipinski definition) is 1. The number of imidazole rings is 1. The first-order valence-corrected chi connectivity index (χ1v) is 8.03. The zero-order valence-electron chi connectivity index (χ0n) is 12.5. The van der Waals surface area contributed by atoms with E-state index in [1.807, 2.05) is 6.20 Å². The van der Waals surface area contributed by atoms with Crippen LogP contribution in [0.1, 0.15) is 37.9 Å². The average Bonchev–Trinajstić information content (AvgIpc) is 2.89. The summed E-state index contributed by atoms with van der Waals surface area (Å²) in [4.78, 5) is 15.2. The molecule has 0 saturated heterocycles. The van der Waals surface area contributed by atoms with Crippen molar-refractivity contribution in [1.82, 2.24) is 9.55 Å². The Morgan fingerprint density at radius 3 is 2.52 bits per heavy atom. The number of benzene rings is 1. The second kappa shape index (κ2) is 6.80. The molecule has 5 heteroatoms. The fraction of sp³-hybridized carbons (Fsp3) is 0.375. The second-order valence-corrected chi connectivity index (χ2v) is 6.10. The Kier molecular flexibility index (Phi) is 5.07. The van der Waals surface area contributed by atoms with Crippen molar-refractivity contribution in [1.29, 1.82) is 0 Å². The maximum Gasteiger partial charge on any atom is 0.313 e. The molecule has 0 bridgehead atoms. The lowest BCUT2D eigenvalue weighted by molar-refractivity contribution is -0.133. The van der Waals surface area contributed by atoms with Gasteiger partial charge in [0.05, 0.1) is 11.9 Å². The van der Waals surface area contributed by atoms with Gasteiger partial charge >= 0.3 is 5.97 Å². The highest BCUT2D eigenvalue weighted by atomic mass is 32.2. The van der Waals surface area contributed by atoms with Crippen LogP contribution in [0, 0.1) is 0 Å². The fourth-order valence-electron chi connectivity index (χ4n) is 2.12. The lowest BCUT2D eigenvalue weighted by Gasteiger charge is -2.14. The summed E-state index contributed by atoms with van der Waals surface area (Å²) in [6, 6.07) is 8.34. The smallest absolute Gasteiger partial charge is 0.313 e. The third-order valence-corrected chi connectivity index (χ3v) is 4.21. The Balaban J connectivity index is 2.41. The molecule has 1 N–H and O–H groups in total. The van der Waals surface area contributed by atoms with E-state index >= 15 is 0 Å². The van der Waals surface area contributed by atoms with Crippen LogP contribution in [0.3, 0.4) is 0 Å². The third kappa shape index (κ3) is 3.67. The van der Waals surface area contributed by atoms with Crippen LogP contribution >= 0.6 is 11.8 Å². The van der Waals surface area contributed by atoms with Crippen LogP contribution in [-0.4, -0.2) is 26.4 Å². The molecule has 0 fully saturated rings. The summed E-state index contributed by atoms with van der Waals surface area (Å²) < 4.78 is 2.05. The van der Waals surface area contributed by atoms with Crippen LogP contribution in [-0.2, 0) is 11.2 Å². The summed E-state index contributed by atoms with van der Waals surface area (Å²) in [5, 5.41) is 9.59. The molecule has 2 aromatic rings. The Bertz CT molecular complexity index is 618. The van der Waals surface area contributed by atoms with Gasteiger partial charge < -0.3 is 5.11 Å². The highest BCUT2D eigenvalue weighted by Gasteiger charge is 2.15. The predicted molar refractivity (Wildman–Crippen MR) is 85.4 cm³/mol. The van der Waals surface area contributed by atoms with Crippen molar-refractivity contribution < 1.29 is 9.90 Å². The summed E-state index contributed by atoms with van der Waals surface area (Å²) in [6.07, 6.45) is 2.84. The van der Waals surface area contributed by atoms with Gasteiger partial charge in [0, 0.05) is 11.4 Å². The van der Waals surface area contributed by atoms with Crippen molar-refractivity contribution in [2.24, 2.45) is 0 Å². The summed E-state index contributed by atoms with van der Waals surface area (Å²) in [5.41, 5.74) is 3.40. The lowest BCUT2D eigenvalue weighted by atomic mass is 10.1. The van der Waals surface area contributed by atoms with Crippen molar-refractivity contribution in [3.05, 3.63) is 41.7 Å². The monoisotopic (exact) mass is 304 g/mol. The number of aliphatic carboxylic acids is 1. The molecule has 0 spiro atoms. The first-order valence-electron chi connectivity index (χ1n) is 7.04. The van der Waals surface area contributed by atoms with Crippen molar-refractivity contribution in [3.63, 3.8) is 0 Å². The summed E-state index contributed by atoms with van der Waals surface area (Å²) in [6.45, 7) is 6.35. The molecule has 0 radical (unpaired) electrons. The van der Waals surface area contributed by atoms with Crippen LogP contribution in [0.25, 0.3) is 5.69 Å². The zero-order chi connectivity index (χ0) is 15.4. The number of rotatable bonds is 6. The Morgan fingerprint density at radius 2 is 2.00 bits per heavy atom. The van der Waals surface area contributed by atoms with E-state index in [2.05, 4.69) is 54.6 Å². The van der Waals surface area contributed by atoms with E-state index in [4.69, 9.17) is 5.11 Å². The zero-order valence-corrected chi connectivity index (χ0v) is 13.4. The number of carboxylic acids is 1. The summed E-state index contributed by atoms with van der Waals surface area (Å²) >= 11 is 1.25. The van der Waals surface area contributed by atoms with Crippen LogP contribution in [0.15, 0.2) is 35.6 Å². The number of hydrogen-bond acceptors (Lipinski definition) is 3. The minimum absolute atomic E-state index is 0.0155. The van der Waals surface area contributed by atoms with Crippen LogP contribution in [0.2, 0.25) is 0 Å². The molecule has 0 atom stereocenters. The van der Waals surface area contributed by atoms with Gasteiger partial charge in [0.2, 0.25) is 0 Å². The molecule has 0 saturated carbocycles. The first-order chi connectivity index (χ1) is 10.0. The van der Waals surface area contributed by atoms with E-state index in [1.54, 1.807) is 0 Å². The van der Waals surface area contributed by atoms with E-state index in [0.717, 1.165) is 23.0 Å². The quantitative estimate of drug-likeness (QED) is 0.826. The third-order valence-electron chi connectivity index (χ3n) is 3.28. The fourth-order valence-corrected chi connectivity index (χ4v) is 2.84. The van der Waals surface area contributed by atoms with Gasteiger partial charge in [0.15, 0.2) is 5.16 Å². The van der Waals surface area contributed by atoms with E-state index < -0.39 is 5.97 Å². The lowest BCUT2D eigenvalue weighted by Crippen LogP contribution is -2.05. The van der Waals surface area contributed by atoms with Gasteiger partial charge in [-0.05, 0) is 30.0 Å². The number of aromatic nitrogens is 2. The molecule has 2 rings (SSSR count). The van der Waals surface area contributed by atoms with E-state index in [1.165, 1.54) is 17.3 Å². The second-order valence-electron chi connectivity index (χ2n) is 5.16. The minimum atomic E-state index is -0.832. The van der Waals surface area contributed by atoms with Crippen molar-refractivity contribution >= 4 is 17.7 Å². The predicted octanol–water partition coefficient (Wildman–Crippen LogP) is 3.73. The topological polar surface area (TPSA) is 55.1 Å². The van der Waals surface area contributed by atoms with Gasteiger partial charge in [-0.3, -0.25) is 9.36 Å². The molecular formula is C16H20N2O2S. The average molecular weight is 304 g/mol. The van der Waals surface area contributed by atoms with E-state index in [9.17, 15) is 4.79 Å². The molecule has 1 aromatic carbocycles. The summed E-state index contributed by atoms with van der Waals surface area (Å²) in [5.74, 6) is -0.494.